The zero-order chi connectivity index (χ0) is 15.5. The van der Waals surface area contributed by atoms with Crippen molar-refractivity contribution in [2.75, 3.05) is 19.6 Å². The molecular formula is C14H21Cl2FN2O2S. The third kappa shape index (κ3) is 4.32. The molecule has 1 aromatic carbocycles. The third-order valence-electron chi connectivity index (χ3n) is 3.64. The molecular weight excluding hydrogens is 350 g/mol. The van der Waals surface area contributed by atoms with Gasteiger partial charge >= 0.3 is 0 Å². The number of nitrogens with zero attached hydrogens (tertiary/aromatic N) is 1. The van der Waals surface area contributed by atoms with Crippen LogP contribution in [0.2, 0.25) is 5.02 Å². The largest absolute Gasteiger partial charge is 0.317 e. The Balaban J connectivity index is 0.00000242. The standard InChI is InChI=1S/C14H20ClFN2O2S.ClH/c1-2-9-18(12-5-7-17-8-6-12)21(19,20)14-10-11(16)3-4-13(14)15;/h3-4,10,12,17H,2,5-9H2,1H3;1H. The number of sulfonamides is 1. The Hall–Kier alpha value is -0.400. The molecule has 2 rings (SSSR count). The molecule has 1 fully saturated rings. The molecule has 1 saturated heterocycles. The van der Waals surface area contributed by atoms with Gasteiger partial charge in [0.1, 0.15) is 10.7 Å². The molecule has 4 nitrogen and oxygen atoms in total. The van der Waals surface area contributed by atoms with Crippen LogP contribution in [0.5, 0.6) is 0 Å². The van der Waals surface area contributed by atoms with Crippen LogP contribution < -0.4 is 5.32 Å². The highest BCUT2D eigenvalue weighted by Crippen LogP contribution is 2.28. The fourth-order valence-corrected chi connectivity index (χ4v) is 4.88. The van der Waals surface area contributed by atoms with Crippen molar-refractivity contribution in [2.24, 2.45) is 0 Å². The number of rotatable bonds is 5. The first kappa shape index (κ1) is 19.6. The van der Waals surface area contributed by atoms with Crippen LogP contribution in [0.25, 0.3) is 0 Å². The summed E-state index contributed by atoms with van der Waals surface area (Å²) in [7, 11) is -3.78. The van der Waals surface area contributed by atoms with Gasteiger partial charge in [0.15, 0.2) is 0 Å². The molecule has 0 unspecified atom stereocenters. The lowest BCUT2D eigenvalue weighted by Crippen LogP contribution is -2.46. The van der Waals surface area contributed by atoms with E-state index in [4.69, 9.17) is 11.6 Å². The van der Waals surface area contributed by atoms with Gasteiger partial charge in [0, 0.05) is 12.6 Å². The lowest BCUT2D eigenvalue weighted by Gasteiger charge is -2.33. The van der Waals surface area contributed by atoms with E-state index in [-0.39, 0.29) is 28.4 Å². The van der Waals surface area contributed by atoms with E-state index in [2.05, 4.69) is 5.32 Å². The summed E-state index contributed by atoms with van der Waals surface area (Å²) in [5, 5.41) is 3.28. The topological polar surface area (TPSA) is 49.4 Å². The molecule has 1 heterocycles. The minimum absolute atomic E-state index is 0. The summed E-state index contributed by atoms with van der Waals surface area (Å²) >= 11 is 5.98. The highest BCUT2D eigenvalue weighted by Gasteiger charge is 2.33. The third-order valence-corrected chi connectivity index (χ3v) is 6.07. The minimum Gasteiger partial charge on any atom is -0.317 e. The molecule has 22 heavy (non-hydrogen) atoms. The van der Waals surface area contributed by atoms with Crippen LogP contribution in [0.1, 0.15) is 26.2 Å². The maximum absolute atomic E-state index is 13.4. The average molecular weight is 371 g/mol. The van der Waals surface area contributed by atoms with Crippen molar-refractivity contribution in [2.45, 2.75) is 37.1 Å². The molecule has 8 heteroatoms. The number of piperidine rings is 1. The van der Waals surface area contributed by atoms with Crippen LogP contribution in [0.4, 0.5) is 4.39 Å². The normalized spacial score (nSPS) is 16.5. The molecule has 0 bridgehead atoms. The molecule has 0 amide bonds. The fraction of sp³-hybridized carbons (Fsp3) is 0.571. The summed E-state index contributed by atoms with van der Waals surface area (Å²) in [6, 6.07) is 3.39. The second-order valence-electron chi connectivity index (χ2n) is 5.17. The molecule has 126 valence electrons. The molecule has 1 aliphatic rings. The van der Waals surface area contributed by atoms with Crippen LogP contribution in [-0.4, -0.2) is 38.4 Å². The first-order valence-corrected chi connectivity index (χ1v) is 8.96. The Morgan fingerprint density at radius 1 is 1.36 bits per heavy atom. The number of benzene rings is 1. The summed E-state index contributed by atoms with van der Waals surface area (Å²) in [5.74, 6) is -0.597. The zero-order valence-corrected chi connectivity index (χ0v) is 14.8. The maximum atomic E-state index is 13.4. The molecule has 0 saturated carbocycles. The second kappa shape index (κ2) is 8.45. The van der Waals surface area contributed by atoms with Crippen molar-refractivity contribution in [3.8, 4) is 0 Å². The van der Waals surface area contributed by atoms with E-state index in [1.165, 1.54) is 10.4 Å². The van der Waals surface area contributed by atoms with E-state index in [1.54, 1.807) is 0 Å². The summed E-state index contributed by atoms with van der Waals surface area (Å²) in [5.41, 5.74) is 0. The Morgan fingerprint density at radius 3 is 2.59 bits per heavy atom. The Kier molecular flexibility index (Phi) is 7.55. The van der Waals surface area contributed by atoms with Gasteiger partial charge in [0.25, 0.3) is 0 Å². The predicted octanol–water partition coefficient (Wildman–Crippen LogP) is 3.05. The van der Waals surface area contributed by atoms with Gasteiger partial charge in [-0.05, 0) is 50.6 Å². The Labute approximate surface area is 142 Å². The maximum Gasteiger partial charge on any atom is 0.244 e. The first-order chi connectivity index (χ1) is 9.96. The first-order valence-electron chi connectivity index (χ1n) is 7.14. The van der Waals surface area contributed by atoms with Crippen molar-refractivity contribution in [3.05, 3.63) is 29.0 Å². The van der Waals surface area contributed by atoms with E-state index in [1.807, 2.05) is 6.92 Å². The van der Waals surface area contributed by atoms with Crippen LogP contribution >= 0.6 is 24.0 Å². The van der Waals surface area contributed by atoms with Gasteiger partial charge in [-0.3, -0.25) is 0 Å². The molecule has 0 atom stereocenters. The van der Waals surface area contributed by atoms with Crippen molar-refractivity contribution in [3.63, 3.8) is 0 Å². The SMILES string of the molecule is CCCN(C1CCNCC1)S(=O)(=O)c1cc(F)ccc1Cl.Cl. The molecule has 1 aliphatic heterocycles. The van der Waals surface area contributed by atoms with E-state index in [0.717, 1.165) is 38.1 Å². The summed E-state index contributed by atoms with van der Waals surface area (Å²) < 4.78 is 40.6. The highest BCUT2D eigenvalue weighted by molar-refractivity contribution is 7.89. The molecule has 0 aromatic heterocycles. The van der Waals surface area contributed by atoms with Gasteiger partial charge in [-0.1, -0.05) is 18.5 Å². The highest BCUT2D eigenvalue weighted by atomic mass is 35.5. The van der Waals surface area contributed by atoms with Gasteiger partial charge in [-0.25, -0.2) is 12.8 Å². The van der Waals surface area contributed by atoms with Crippen molar-refractivity contribution in [1.29, 1.82) is 0 Å². The van der Waals surface area contributed by atoms with Crippen LogP contribution in [0, 0.1) is 5.82 Å². The predicted molar refractivity (Wildman–Crippen MR) is 88.7 cm³/mol. The van der Waals surface area contributed by atoms with Crippen LogP contribution in [-0.2, 0) is 10.0 Å². The number of hydrogen-bond acceptors (Lipinski definition) is 3. The lowest BCUT2D eigenvalue weighted by atomic mass is 10.1. The van der Waals surface area contributed by atoms with E-state index < -0.39 is 15.8 Å². The number of hydrogen-bond donors (Lipinski definition) is 1. The summed E-state index contributed by atoms with van der Waals surface area (Å²) in [6.45, 7) is 3.92. The smallest absolute Gasteiger partial charge is 0.244 e. The summed E-state index contributed by atoms with van der Waals surface area (Å²) in [4.78, 5) is -0.142. The van der Waals surface area contributed by atoms with Gasteiger partial charge in [0.2, 0.25) is 10.0 Å². The molecule has 0 aliphatic carbocycles. The average Bonchev–Trinajstić information content (AvgIpc) is 2.48. The molecule has 0 spiro atoms. The van der Waals surface area contributed by atoms with Crippen LogP contribution in [0.3, 0.4) is 0 Å². The minimum atomic E-state index is -3.78. The van der Waals surface area contributed by atoms with Gasteiger partial charge in [0.05, 0.1) is 5.02 Å². The van der Waals surface area contributed by atoms with Gasteiger partial charge < -0.3 is 5.32 Å². The molecule has 0 radical (unpaired) electrons. The van der Waals surface area contributed by atoms with Gasteiger partial charge in [-0.15, -0.1) is 12.4 Å². The van der Waals surface area contributed by atoms with E-state index in [0.29, 0.717) is 13.0 Å². The number of nitrogens with one attached hydrogen (secondary N) is 1. The van der Waals surface area contributed by atoms with Crippen molar-refractivity contribution >= 4 is 34.0 Å². The van der Waals surface area contributed by atoms with E-state index in [9.17, 15) is 12.8 Å². The van der Waals surface area contributed by atoms with E-state index >= 15 is 0 Å². The van der Waals surface area contributed by atoms with Crippen LogP contribution in [0.15, 0.2) is 23.1 Å². The van der Waals surface area contributed by atoms with Gasteiger partial charge in [-0.2, -0.15) is 4.31 Å². The van der Waals surface area contributed by atoms with Crippen molar-refractivity contribution in [1.82, 2.24) is 9.62 Å². The zero-order valence-electron chi connectivity index (χ0n) is 12.4. The number of halogens is 3. The lowest BCUT2D eigenvalue weighted by molar-refractivity contribution is 0.262. The molecule has 1 aromatic rings. The monoisotopic (exact) mass is 370 g/mol. The molecule has 1 N–H and O–H groups in total. The quantitative estimate of drug-likeness (QED) is 0.866. The fourth-order valence-electron chi connectivity index (χ4n) is 2.62. The summed E-state index contributed by atoms with van der Waals surface area (Å²) in [6.07, 6.45) is 2.22. The Morgan fingerprint density at radius 2 is 2.00 bits per heavy atom. The van der Waals surface area contributed by atoms with Crippen molar-refractivity contribution < 1.29 is 12.8 Å². The Bertz CT molecular complexity index is 593. The second-order valence-corrected chi connectivity index (χ2v) is 7.44.